The van der Waals surface area contributed by atoms with Crippen molar-refractivity contribution < 1.29 is 0 Å². The molecule has 0 N–H and O–H groups in total. The lowest BCUT2D eigenvalue weighted by atomic mass is 9.52. The van der Waals surface area contributed by atoms with Crippen molar-refractivity contribution >= 4 is 11.6 Å². The third-order valence-corrected chi connectivity index (χ3v) is 5.65. The monoisotopic (exact) mass is 248 g/mol. The van der Waals surface area contributed by atoms with E-state index in [9.17, 15) is 0 Å². The topological polar surface area (TPSA) is 0 Å². The molecule has 1 heteroatoms. The maximum Gasteiger partial charge on any atom is 0.0398 e. The lowest BCUT2D eigenvalue weighted by Crippen LogP contribution is -2.52. The first-order valence-electron chi connectivity index (χ1n) is 6.99. The standard InChI is InChI=1S/C16H21Cl/c17-15-12-14(11-13-7-3-1-4-8-13)16(15)9-5-2-6-10-16/h1,3-4,7-8,14-15H,2,5-6,9-12H2/t14-,15+/m0/s1. The molecule has 0 radical (unpaired) electrons. The van der Waals surface area contributed by atoms with Crippen molar-refractivity contribution in [1.29, 1.82) is 0 Å². The van der Waals surface area contributed by atoms with Gasteiger partial charge in [0, 0.05) is 5.38 Å². The van der Waals surface area contributed by atoms with Crippen molar-refractivity contribution in [3.05, 3.63) is 35.9 Å². The molecule has 0 bridgehead atoms. The van der Waals surface area contributed by atoms with Gasteiger partial charge in [0.2, 0.25) is 0 Å². The fourth-order valence-corrected chi connectivity index (χ4v) is 4.54. The van der Waals surface area contributed by atoms with E-state index in [1.54, 1.807) is 0 Å². The minimum absolute atomic E-state index is 0.455. The zero-order valence-corrected chi connectivity index (χ0v) is 11.1. The highest BCUT2D eigenvalue weighted by Crippen LogP contribution is 2.59. The lowest BCUT2D eigenvalue weighted by Gasteiger charge is -2.56. The van der Waals surface area contributed by atoms with Crippen LogP contribution in [0.15, 0.2) is 30.3 Å². The maximum absolute atomic E-state index is 6.55. The average molecular weight is 249 g/mol. The molecule has 0 unspecified atom stereocenters. The van der Waals surface area contributed by atoms with Gasteiger partial charge in [-0.1, -0.05) is 49.6 Å². The first kappa shape index (κ1) is 11.6. The lowest BCUT2D eigenvalue weighted by molar-refractivity contribution is -0.00193. The molecular formula is C16H21Cl. The Morgan fingerprint density at radius 3 is 2.41 bits per heavy atom. The summed E-state index contributed by atoms with van der Waals surface area (Å²) < 4.78 is 0. The average Bonchev–Trinajstić information content (AvgIpc) is 2.41. The summed E-state index contributed by atoms with van der Waals surface area (Å²) >= 11 is 6.55. The van der Waals surface area contributed by atoms with E-state index in [1.165, 1.54) is 50.5 Å². The van der Waals surface area contributed by atoms with E-state index < -0.39 is 0 Å². The SMILES string of the molecule is Cl[C@@H]1C[C@H](Cc2ccccc2)C12CCCCC2. The van der Waals surface area contributed by atoms with Gasteiger partial charge in [0.05, 0.1) is 0 Å². The Balaban J connectivity index is 1.72. The predicted molar refractivity (Wildman–Crippen MR) is 73.4 cm³/mol. The molecule has 1 aromatic rings. The van der Waals surface area contributed by atoms with Gasteiger partial charge in [0.15, 0.2) is 0 Å². The zero-order chi connectivity index (χ0) is 11.7. The summed E-state index contributed by atoms with van der Waals surface area (Å²) in [4.78, 5) is 0. The van der Waals surface area contributed by atoms with Crippen molar-refractivity contribution in [2.75, 3.05) is 0 Å². The van der Waals surface area contributed by atoms with Crippen LogP contribution in [-0.4, -0.2) is 5.38 Å². The number of hydrogen-bond donors (Lipinski definition) is 0. The number of alkyl halides is 1. The molecule has 1 aromatic carbocycles. The molecule has 0 aromatic heterocycles. The third kappa shape index (κ3) is 2.01. The highest BCUT2D eigenvalue weighted by Gasteiger charge is 2.53. The van der Waals surface area contributed by atoms with Gasteiger partial charge in [-0.25, -0.2) is 0 Å². The van der Waals surface area contributed by atoms with Gasteiger partial charge in [-0.15, -0.1) is 11.6 Å². The van der Waals surface area contributed by atoms with Gasteiger partial charge in [0.25, 0.3) is 0 Å². The van der Waals surface area contributed by atoms with Crippen LogP contribution in [0.2, 0.25) is 0 Å². The normalized spacial score (nSPS) is 31.1. The van der Waals surface area contributed by atoms with Crippen molar-refractivity contribution in [2.45, 2.75) is 50.3 Å². The van der Waals surface area contributed by atoms with Crippen LogP contribution in [0.25, 0.3) is 0 Å². The summed E-state index contributed by atoms with van der Waals surface area (Å²) in [5.74, 6) is 0.840. The summed E-state index contributed by atoms with van der Waals surface area (Å²) in [6.07, 6.45) is 9.43. The number of halogens is 1. The molecule has 2 aliphatic rings. The van der Waals surface area contributed by atoms with E-state index in [1.807, 2.05) is 0 Å². The van der Waals surface area contributed by atoms with Crippen molar-refractivity contribution in [3.63, 3.8) is 0 Å². The van der Waals surface area contributed by atoms with Crippen LogP contribution in [0.5, 0.6) is 0 Å². The van der Waals surface area contributed by atoms with Crippen molar-refractivity contribution in [1.82, 2.24) is 0 Å². The van der Waals surface area contributed by atoms with Crippen LogP contribution < -0.4 is 0 Å². The van der Waals surface area contributed by atoms with E-state index in [0.29, 0.717) is 10.8 Å². The molecule has 3 rings (SSSR count). The summed E-state index contributed by atoms with van der Waals surface area (Å²) in [5, 5.41) is 0.455. The van der Waals surface area contributed by atoms with Crippen molar-refractivity contribution in [2.24, 2.45) is 11.3 Å². The van der Waals surface area contributed by atoms with Crippen LogP contribution in [0.1, 0.15) is 44.1 Å². The predicted octanol–water partition coefficient (Wildman–Crippen LogP) is 4.81. The van der Waals surface area contributed by atoms with E-state index in [2.05, 4.69) is 30.3 Å². The van der Waals surface area contributed by atoms with Crippen molar-refractivity contribution in [3.8, 4) is 0 Å². The van der Waals surface area contributed by atoms with Crippen LogP contribution in [0.4, 0.5) is 0 Å². The Hall–Kier alpha value is -0.490. The minimum atomic E-state index is 0.455. The molecular weight excluding hydrogens is 228 g/mol. The second kappa shape index (κ2) is 4.65. The summed E-state index contributed by atoms with van der Waals surface area (Å²) in [5.41, 5.74) is 1.99. The Morgan fingerprint density at radius 1 is 1.06 bits per heavy atom. The molecule has 2 saturated carbocycles. The van der Waals surface area contributed by atoms with Gasteiger partial charge in [0.1, 0.15) is 0 Å². The molecule has 0 aliphatic heterocycles. The molecule has 0 nitrogen and oxygen atoms in total. The molecule has 1 spiro atoms. The van der Waals surface area contributed by atoms with E-state index in [0.717, 1.165) is 5.92 Å². The number of rotatable bonds is 2. The molecule has 17 heavy (non-hydrogen) atoms. The summed E-state index contributed by atoms with van der Waals surface area (Å²) in [6.45, 7) is 0. The minimum Gasteiger partial charge on any atom is -0.122 e. The smallest absolute Gasteiger partial charge is 0.0398 e. The molecule has 2 fully saturated rings. The molecule has 0 heterocycles. The largest absolute Gasteiger partial charge is 0.122 e. The van der Waals surface area contributed by atoms with Crippen LogP contribution in [0, 0.1) is 11.3 Å². The second-order valence-corrected chi connectivity index (χ2v) is 6.41. The fourth-order valence-electron chi connectivity index (χ4n) is 3.93. The Kier molecular flexibility index (Phi) is 3.17. The highest BCUT2D eigenvalue weighted by atomic mass is 35.5. The Bertz CT molecular complexity index is 364. The maximum atomic E-state index is 6.55. The molecule has 92 valence electrons. The highest BCUT2D eigenvalue weighted by molar-refractivity contribution is 6.21. The van der Waals surface area contributed by atoms with Crippen LogP contribution in [-0.2, 0) is 6.42 Å². The molecule has 0 saturated heterocycles. The quantitative estimate of drug-likeness (QED) is 0.659. The number of benzene rings is 1. The van der Waals surface area contributed by atoms with Gasteiger partial charge in [-0.3, -0.25) is 0 Å². The van der Waals surface area contributed by atoms with Gasteiger partial charge in [-0.05, 0) is 42.6 Å². The van der Waals surface area contributed by atoms with E-state index in [4.69, 9.17) is 11.6 Å². The van der Waals surface area contributed by atoms with E-state index in [-0.39, 0.29) is 0 Å². The second-order valence-electron chi connectivity index (χ2n) is 5.88. The van der Waals surface area contributed by atoms with Crippen LogP contribution >= 0.6 is 11.6 Å². The molecule has 0 amide bonds. The number of hydrogen-bond acceptors (Lipinski definition) is 0. The Morgan fingerprint density at radius 2 is 1.76 bits per heavy atom. The first-order valence-corrected chi connectivity index (χ1v) is 7.43. The summed E-state index contributed by atoms with van der Waals surface area (Å²) in [6, 6.07) is 10.9. The van der Waals surface area contributed by atoms with Gasteiger partial charge >= 0.3 is 0 Å². The fraction of sp³-hybridized carbons (Fsp3) is 0.625. The van der Waals surface area contributed by atoms with Gasteiger partial charge in [-0.2, -0.15) is 0 Å². The third-order valence-electron chi connectivity index (χ3n) is 5.04. The Labute approximate surface area is 109 Å². The first-order chi connectivity index (χ1) is 8.31. The van der Waals surface area contributed by atoms with Crippen LogP contribution in [0.3, 0.4) is 0 Å². The molecule has 2 aliphatic carbocycles. The van der Waals surface area contributed by atoms with Gasteiger partial charge < -0.3 is 0 Å². The summed E-state index contributed by atoms with van der Waals surface area (Å²) in [7, 11) is 0. The van der Waals surface area contributed by atoms with E-state index >= 15 is 0 Å². The zero-order valence-electron chi connectivity index (χ0n) is 10.4. The molecule has 2 atom stereocenters.